The van der Waals surface area contributed by atoms with Gasteiger partial charge in [0.05, 0.1) is 11.6 Å². The summed E-state index contributed by atoms with van der Waals surface area (Å²) in [6.07, 6.45) is -2.33. The minimum atomic E-state index is -2.33. The summed E-state index contributed by atoms with van der Waals surface area (Å²) >= 11 is 0. The van der Waals surface area contributed by atoms with Gasteiger partial charge in [0, 0.05) is 0 Å². The first-order valence-corrected chi connectivity index (χ1v) is 4.14. The van der Waals surface area contributed by atoms with E-state index in [4.69, 9.17) is 10.5 Å². The summed E-state index contributed by atoms with van der Waals surface area (Å²) in [5.74, 6) is 0. The molecule has 0 radical (unpaired) electrons. The van der Waals surface area contributed by atoms with Gasteiger partial charge in [-0.3, -0.25) is 20.2 Å². The van der Waals surface area contributed by atoms with E-state index in [0.717, 1.165) is 6.07 Å². The Kier molecular flexibility index (Phi) is 6.02. The molecule has 0 N–H and O–H groups in total. The van der Waals surface area contributed by atoms with Crippen LogP contribution in [0.15, 0.2) is 30.3 Å². The zero-order chi connectivity index (χ0) is 13.3. The fourth-order valence-electron chi connectivity index (χ4n) is 0.684. The van der Waals surface area contributed by atoms with Crippen LogP contribution in [-0.2, 0) is 0 Å². The summed E-state index contributed by atoms with van der Waals surface area (Å²) in [6, 6.07) is 12.1. The van der Waals surface area contributed by atoms with E-state index >= 15 is 0 Å². The monoisotopic (exact) mass is 234 g/mol. The van der Waals surface area contributed by atoms with Crippen molar-refractivity contribution in [2.45, 2.75) is 6.17 Å². The zero-order valence-electron chi connectivity index (χ0n) is 8.39. The van der Waals surface area contributed by atoms with Crippen LogP contribution in [0, 0.1) is 42.9 Å². The van der Waals surface area contributed by atoms with E-state index in [1.807, 2.05) is 24.3 Å². The number of nitro groups is 2. The molecule has 0 aromatic heterocycles. The molecule has 0 spiro atoms. The van der Waals surface area contributed by atoms with Crippen molar-refractivity contribution < 1.29 is 9.85 Å². The third-order valence-electron chi connectivity index (χ3n) is 1.42. The maximum absolute atomic E-state index is 9.51. The number of benzene rings is 1. The van der Waals surface area contributed by atoms with Crippen LogP contribution >= 0.6 is 0 Å². The van der Waals surface area contributed by atoms with Crippen LogP contribution < -0.4 is 0 Å². The smallest absolute Gasteiger partial charge is 0.258 e. The average Bonchev–Trinajstić information content (AvgIpc) is 2.31. The molecule has 1 aromatic carbocycles. The molecule has 0 amide bonds. The van der Waals surface area contributed by atoms with Crippen molar-refractivity contribution >= 4 is 0 Å². The van der Waals surface area contributed by atoms with Crippen molar-refractivity contribution in [1.29, 1.82) is 10.5 Å². The van der Waals surface area contributed by atoms with E-state index < -0.39 is 16.0 Å². The first-order chi connectivity index (χ1) is 8.02. The molecule has 0 aliphatic heterocycles. The molecule has 1 aromatic rings. The second-order valence-electron chi connectivity index (χ2n) is 2.55. The average molecular weight is 234 g/mol. The van der Waals surface area contributed by atoms with E-state index in [-0.39, 0.29) is 0 Å². The minimum Gasteiger partial charge on any atom is -0.258 e. The third-order valence-corrected chi connectivity index (χ3v) is 1.42. The van der Waals surface area contributed by atoms with Gasteiger partial charge in [0.1, 0.15) is 9.85 Å². The molecule has 0 aliphatic carbocycles. The molecule has 17 heavy (non-hydrogen) atoms. The van der Waals surface area contributed by atoms with Crippen molar-refractivity contribution in [3.63, 3.8) is 0 Å². The van der Waals surface area contributed by atoms with Crippen LogP contribution in [0.3, 0.4) is 0 Å². The van der Waals surface area contributed by atoms with Gasteiger partial charge in [-0.15, -0.1) is 0 Å². The summed E-state index contributed by atoms with van der Waals surface area (Å²) in [6.45, 7) is 0. The number of rotatable bonds is 2. The second-order valence-corrected chi connectivity index (χ2v) is 2.55. The fourth-order valence-corrected chi connectivity index (χ4v) is 0.684. The van der Waals surface area contributed by atoms with Crippen molar-refractivity contribution in [1.82, 2.24) is 0 Å². The third kappa shape index (κ3) is 5.44. The van der Waals surface area contributed by atoms with E-state index in [2.05, 4.69) is 0 Å². The largest absolute Gasteiger partial charge is 0.535 e. The van der Waals surface area contributed by atoms with Crippen molar-refractivity contribution in [3.8, 4) is 12.1 Å². The Morgan fingerprint density at radius 2 is 1.53 bits per heavy atom. The van der Waals surface area contributed by atoms with Gasteiger partial charge in [0.2, 0.25) is 6.07 Å². The quantitative estimate of drug-likeness (QED) is 0.424. The lowest BCUT2D eigenvalue weighted by Crippen LogP contribution is -2.26. The predicted octanol–water partition coefficient (Wildman–Crippen LogP) is 0.948. The standard InChI is InChI=1S/C7H5N.C2HN3O4/c8-6-7-4-2-1-3-5-7;3-1-2(4(6)7)5(8)9/h1-5H;2H. The molecule has 86 valence electrons. The van der Waals surface area contributed by atoms with Crippen LogP contribution in [0.5, 0.6) is 0 Å². The SMILES string of the molecule is N#CC([N+](=O)[O-])[N+](=O)[O-].N#Cc1ccccc1. The van der Waals surface area contributed by atoms with Crippen molar-refractivity contribution in [2.75, 3.05) is 0 Å². The van der Waals surface area contributed by atoms with Gasteiger partial charge in [-0.05, 0) is 12.1 Å². The van der Waals surface area contributed by atoms with Gasteiger partial charge in [-0.1, -0.05) is 18.2 Å². The van der Waals surface area contributed by atoms with E-state index in [1.54, 1.807) is 12.1 Å². The molecule has 0 aliphatic rings. The van der Waals surface area contributed by atoms with Gasteiger partial charge in [-0.2, -0.15) is 10.5 Å². The van der Waals surface area contributed by atoms with Crippen LogP contribution in [0.4, 0.5) is 0 Å². The van der Waals surface area contributed by atoms with Gasteiger partial charge < -0.3 is 0 Å². The predicted molar refractivity (Wildman–Crippen MR) is 54.5 cm³/mol. The Hall–Kier alpha value is -3.00. The Labute approximate surface area is 95.6 Å². The second kappa shape index (κ2) is 7.31. The molecule has 0 atom stereocenters. The molecular weight excluding hydrogens is 228 g/mol. The summed E-state index contributed by atoms with van der Waals surface area (Å²) in [4.78, 5) is 16.5. The highest BCUT2D eigenvalue weighted by Gasteiger charge is 2.30. The molecule has 0 bridgehead atoms. The van der Waals surface area contributed by atoms with Crippen LogP contribution in [0.25, 0.3) is 0 Å². The summed E-state index contributed by atoms with van der Waals surface area (Å²) in [5.41, 5.74) is 0.715. The van der Waals surface area contributed by atoms with Gasteiger partial charge in [-0.25, -0.2) is 0 Å². The lowest BCUT2D eigenvalue weighted by atomic mass is 10.2. The first kappa shape index (κ1) is 14.0. The van der Waals surface area contributed by atoms with Gasteiger partial charge in [0.25, 0.3) is 0 Å². The highest BCUT2D eigenvalue weighted by atomic mass is 16.7. The molecule has 8 nitrogen and oxygen atoms in total. The lowest BCUT2D eigenvalue weighted by molar-refractivity contribution is -0.724. The number of nitrogens with zero attached hydrogens (tertiary/aromatic N) is 4. The molecule has 8 heteroatoms. The number of nitriles is 2. The summed E-state index contributed by atoms with van der Waals surface area (Å²) in [5, 5.41) is 35.0. The molecule has 0 unspecified atom stereocenters. The molecular formula is C9H6N4O4. The summed E-state index contributed by atoms with van der Waals surface area (Å²) in [7, 11) is 0. The van der Waals surface area contributed by atoms with Crippen LogP contribution in [-0.4, -0.2) is 16.0 Å². The minimum absolute atomic E-state index is 0.715. The van der Waals surface area contributed by atoms with Crippen LogP contribution in [0.2, 0.25) is 0 Å². The Morgan fingerprint density at radius 3 is 1.71 bits per heavy atom. The number of hydrogen-bond donors (Lipinski definition) is 0. The molecule has 1 rings (SSSR count). The molecule has 0 fully saturated rings. The maximum Gasteiger partial charge on any atom is 0.535 e. The maximum atomic E-state index is 9.51. The highest BCUT2D eigenvalue weighted by Crippen LogP contribution is 1.93. The van der Waals surface area contributed by atoms with Crippen LogP contribution in [0.1, 0.15) is 5.56 Å². The fraction of sp³-hybridized carbons (Fsp3) is 0.111. The topological polar surface area (TPSA) is 134 Å². The normalized spacial score (nSPS) is 8.18. The Balaban J connectivity index is 0.000000302. The van der Waals surface area contributed by atoms with E-state index in [0.29, 0.717) is 5.56 Å². The first-order valence-electron chi connectivity index (χ1n) is 4.14. The van der Waals surface area contributed by atoms with Gasteiger partial charge >= 0.3 is 6.17 Å². The molecule has 0 saturated carbocycles. The lowest BCUT2D eigenvalue weighted by Gasteiger charge is -1.87. The Bertz CT molecular complexity index is 460. The number of hydrogen-bond acceptors (Lipinski definition) is 6. The summed E-state index contributed by atoms with van der Waals surface area (Å²) < 4.78 is 0. The van der Waals surface area contributed by atoms with E-state index in [1.165, 1.54) is 0 Å². The highest BCUT2D eigenvalue weighted by molar-refractivity contribution is 5.27. The zero-order valence-corrected chi connectivity index (χ0v) is 8.39. The van der Waals surface area contributed by atoms with E-state index in [9.17, 15) is 20.2 Å². The molecule has 0 saturated heterocycles. The van der Waals surface area contributed by atoms with Gasteiger partial charge in [0.15, 0.2) is 0 Å². The van der Waals surface area contributed by atoms with Crippen molar-refractivity contribution in [2.24, 2.45) is 0 Å². The molecule has 0 heterocycles. The Morgan fingerprint density at radius 1 is 1.06 bits per heavy atom. The van der Waals surface area contributed by atoms with Crippen molar-refractivity contribution in [3.05, 3.63) is 56.1 Å².